The Bertz CT molecular complexity index is 360. The summed E-state index contributed by atoms with van der Waals surface area (Å²) in [6.45, 7) is -0.109. The summed E-state index contributed by atoms with van der Waals surface area (Å²) in [5, 5.41) is 9.28. The Morgan fingerprint density at radius 1 is 1.36 bits per heavy atom. The maximum atomic E-state index is 12.4. The quantitative estimate of drug-likeness (QED) is 0.701. The van der Waals surface area contributed by atoms with Crippen LogP contribution in [0.15, 0.2) is 18.2 Å². The van der Waals surface area contributed by atoms with Crippen molar-refractivity contribution in [1.82, 2.24) is 0 Å². The molecule has 1 aliphatic heterocycles. The molecule has 0 bridgehead atoms. The Kier molecular flexibility index (Phi) is 1.92. The number of para-hydroxylation sites is 1. The predicted molar refractivity (Wildman–Crippen MR) is 41.9 cm³/mol. The molecule has 1 aliphatic rings. The molecule has 14 heavy (non-hydrogen) atoms. The molecule has 5 heteroatoms. The molecule has 0 aromatic heterocycles. The number of ether oxygens (including phenoxy) is 1. The second kappa shape index (κ2) is 2.88. The highest BCUT2D eigenvalue weighted by atomic mass is 19.4. The molecule has 2 rings (SSSR count). The Hall–Kier alpha value is -1.23. The van der Waals surface area contributed by atoms with Crippen molar-refractivity contribution in [3.63, 3.8) is 0 Å². The normalized spacial score (nSPS) is 20.4. The summed E-state index contributed by atoms with van der Waals surface area (Å²) in [5.74, 6) is -0.243. The van der Waals surface area contributed by atoms with Crippen molar-refractivity contribution in [3.05, 3.63) is 29.3 Å². The molecule has 1 atom stereocenters. The average Bonchev–Trinajstić information content (AvgIpc) is 2.46. The Morgan fingerprint density at radius 3 is 2.71 bits per heavy atom. The fraction of sp³-hybridized carbons (Fsp3) is 0.333. The third-order valence-electron chi connectivity index (χ3n) is 2.10. The molecule has 1 aromatic carbocycles. The monoisotopic (exact) mass is 204 g/mol. The third kappa shape index (κ3) is 1.33. The van der Waals surface area contributed by atoms with E-state index in [1.165, 1.54) is 12.1 Å². The van der Waals surface area contributed by atoms with Gasteiger partial charge in [0, 0.05) is 5.56 Å². The Labute approximate surface area is 77.9 Å². The zero-order valence-electron chi connectivity index (χ0n) is 7.01. The molecular weight excluding hydrogens is 197 g/mol. The molecule has 1 aromatic rings. The van der Waals surface area contributed by atoms with Crippen LogP contribution in [-0.2, 0) is 6.18 Å². The van der Waals surface area contributed by atoms with Gasteiger partial charge in [-0.1, -0.05) is 12.1 Å². The first-order chi connectivity index (χ1) is 6.50. The van der Waals surface area contributed by atoms with Crippen molar-refractivity contribution in [1.29, 1.82) is 0 Å². The highest BCUT2D eigenvalue weighted by Gasteiger charge is 2.38. The van der Waals surface area contributed by atoms with Crippen LogP contribution in [0.3, 0.4) is 0 Å². The fourth-order valence-corrected chi connectivity index (χ4v) is 1.45. The molecule has 0 aliphatic carbocycles. The molecule has 76 valence electrons. The van der Waals surface area contributed by atoms with Gasteiger partial charge in [0.2, 0.25) is 0 Å². The maximum absolute atomic E-state index is 12.4. The van der Waals surface area contributed by atoms with E-state index in [0.717, 1.165) is 6.07 Å². The number of fused-ring (bicyclic) bond motifs is 1. The van der Waals surface area contributed by atoms with Gasteiger partial charge < -0.3 is 9.84 Å². The van der Waals surface area contributed by atoms with Gasteiger partial charge in [0.25, 0.3) is 0 Å². The van der Waals surface area contributed by atoms with Gasteiger partial charge in [-0.3, -0.25) is 0 Å². The molecule has 1 heterocycles. The number of hydrogen-bond donors (Lipinski definition) is 1. The van der Waals surface area contributed by atoms with E-state index < -0.39 is 17.8 Å². The molecule has 0 amide bonds. The lowest BCUT2D eigenvalue weighted by molar-refractivity contribution is -0.138. The van der Waals surface area contributed by atoms with E-state index in [-0.39, 0.29) is 17.9 Å². The van der Waals surface area contributed by atoms with E-state index >= 15 is 0 Å². The minimum Gasteiger partial charge on any atom is -0.489 e. The van der Waals surface area contributed by atoms with Crippen molar-refractivity contribution >= 4 is 0 Å². The molecule has 2 nitrogen and oxygen atoms in total. The van der Waals surface area contributed by atoms with Crippen LogP contribution in [0.5, 0.6) is 5.75 Å². The number of halogens is 3. The summed E-state index contributed by atoms with van der Waals surface area (Å²) in [5.41, 5.74) is -0.619. The number of hydrogen-bond acceptors (Lipinski definition) is 2. The molecule has 0 unspecified atom stereocenters. The summed E-state index contributed by atoms with van der Waals surface area (Å²) < 4.78 is 42.0. The highest BCUT2D eigenvalue weighted by Crippen LogP contribution is 2.43. The predicted octanol–water partition coefficient (Wildman–Crippen LogP) is 2.13. The Balaban J connectivity index is 2.55. The zero-order chi connectivity index (χ0) is 10.3. The van der Waals surface area contributed by atoms with Crippen LogP contribution in [-0.4, -0.2) is 11.7 Å². The topological polar surface area (TPSA) is 29.5 Å². The van der Waals surface area contributed by atoms with Crippen LogP contribution >= 0.6 is 0 Å². The van der Waals surface area contributed by atoms with Gasteiger partial charge >= 0.3 is 6.18 Å². The van der Waals surface area contributed by atoms with E-state index in [4.69, 9.17) is 4.74 Å². The molecule has 0 fully saturated rings. The van der Waals surface area contributed by atoms with Crippen LogP contribution < -0.4 is 4.74 Å². The van der Waals surface area contributed by atoms with Crippen molar-refractivity contribution in [2.45, 2.75) is 12.3 Å². The summed E-state index contributed by atoms with van der Waals surface area (Å²) in [6.07, 6.45) is -5.39. The van der Waals surface area contributed by atoms with Crippen LogP contribution in [0.1, 0.15) is 17.2 Å². The van der Waals surface area contributed by atoms with Gasteiger partial charge in [-0.15, -0.1) is 0 Å². The van der Waals surface area contributed by atoms with Crippen molar-refractivity contribution in [2.24, 2.45) is 0 Å². The van der Waals surface area contributed by atoms with Gasteiger partial charge in [-0.05, 0) is 6.07 Å². The van der Waals surface area contributed by atoms with Crippen LogP contribution in [0.2, 0.25) is 0 Å². The molecule has 1 N–H and O–H groups in total. The van der Waals surface area contributed by atoms with Crippen molar-refractivity contribution in [2.75, 3.05) is 6.61 Å². The van der Waals surface area contributed by atoms with E-state index in [1.807, 2.05) is 0 Å². The van der Waals surface area contributed by atoms with Crippen LogP contribution in [0.25, 0.3) is 0 Å². The SMILES string of the molecule is O[C@@H]1COc2c1cccc2C(F)(F)F. The first-order valence-corrected chi connectivity index (χ1v) is 4.01. The number of alkyl halides is 3. The average molecular weight is 204 g/mol. The first-order valence-electron chi connectivity index (χ1n) is 4.01. The summed E-state index contributed by atoms with van der Waals surface area (Å²) >= 11 is 0. The van der Waals surface area contributed by atoms with Crippen molar-refractivity contribution in [3.8, 4) is 5.75 Å². The lowest BCUT2D eigenvalue weighted by Crippen LogP contribution is -2.06. The fourth-order valence-electron chi connectivity index (χ4n) is 1.45. The maximum Gasteiger partial charge on any atom is 0.419 e. The highest BCUT2D eigenvalue weighted by molar-refractivity contribution is 5.46. The standard InChI is InChI=1S/C9H7F3O2/c10-9(11,12)6-3-1-2-5-7(13)4-14-8(5)6/h1-3,7,13H,4H2/t7-/m1/s1. The van der Waals surface area contributed by atoms with Gasteiger partial charge in [0.1, 0.15) is 18.5 Å². The van der Waals surface area contributed by atoms with E-state index in [9.17, 15) is 18.3 Å². The van der Waals surface area contributed by atoms with E-state index in [0.29, 0.717) is 0 Å². The third-order valence-corrected chi connectivity index (χ3v) is 2.10. The summed E-state index contributed by atoms with van der Waals surface area (Å²) in [7, 11) is 0. The minimum atomic E-state index is -4.44. The lowest BCUT2D eigenvalue weighted by Gasteiger charge is -2.10. The van der Waals surface area contributed by atoms with Gasteiger partial charge in [0.05, 0.1) is 5.56 Å². The lowest BCUT2D eigenvalue weighted by atomic mass is 10.1. The van der Waals surface area contributed by atoms with E-state index in [1.54, 1.807) is 0 Å². The van der Waals surface area contributed by atoms with Crippen LogP contribution in [0.4, 0.5) is 13.2 Å². The second-order valence-electron chi connectivity index (χ2n) is 3.05. The molecule has 0 saturated carbocycles. The summed E-state index contributed by atoms with van der Waals surface area (Å²) in [6, 6.07) is 3.64. The minimum absolute atomic E-state index is 0.109. The number of rotatable bonds is 0. The Morgan fingerprint density at radius 2 is 2.07 bits per heavy atom. The second-order valence-corrected chi connectivity index (χ2v) is 3.05. The van der Waals surface area contributed by atoms with Gasteiger partial charge in [-0.2, -0.15) is 13.2 Å². The van der Waals surface area contributed by atoms with E-state index in [2.05, 4.69) is 0 Å². The zero-order valence-corrected chi connectivity index (χ0v) is 7.01. The van der Waals surface area contributed by atoms with Gasteiger partial charge in [-0.25, -0.2) is 0 Å². The number of aliphatic hydroxyl groups is 1. The van der Waals surface area contributed by atoms with Crippen LogP contribution in [0, 0.1) is 0 Å². The molecule has 0 spiro atoms. The molecule has 0 radical (unpaired) electrons. The number of benzene rings is 1. The largest absolute Gasteiger partial charge is 0.489 e. The number of aliphatic hydroxyl groups excluding tert-OH is 1. The molecular formula is C9H7F3O2. The molecule has 0 saturated heterocycles. The van der Waals surface area contributed by atoms with Gasteiger partial charge in [0.15, 0.2) is 0 Å². The first kappa shape index (κ1) is 9.33. The smallest absolute Gasteiger partial charge is 0.419 e. The van der Waals surface area contributed by atoms with Crippen molar-refractivity contribution < 1.29 is 23.0 Å². The summed E-state index contributed by atoms with van der Waals surface area (Å²) in [4.78, 5) is 0.